The van der Waals surface area contributed by atoms with Crippen LogP contribution in [0, 0.1) is 5.41 Å². The monoisotopic (exact) mass is 308 g/mol. The maximum Gasteiger partial charge on any atom is 0.309 e. The van der Waals surface area contributed by atoms with Gasteiger partial charge in [-0.15, -0.1) is 0 Å². The van der Waals surface area contributed by atoms with Crippen LogP contribution >= 0.6 is 11.3 Å². The molecule has 0 bridgehead atoms. The van der Waals surface area contributed by atoms with Gasteiger partial charge in [-0.25, -0.2) is 0 Å². The minimum absolute atomic E-state index is 0.0401. The minimum atomic E-state index is -0.778. The van der Waals surface area contributed by atoms with Crippen molar-refractivity contribution in [2.24, 2.45) is 12.5 Å². The number of aromatic nitrogens is 1. The van der Waals surface area contributed by atoms with Gasteiger partial charge in [-0.2, -0.15) is 0 Å². The van der Waals surface area contributed by atoms with Crippen LogP contribution in [0.25, 0.3) is 10.2 Å². The van der Waals surface area contributed by atoms with Gasteiger partial charge in [0.05, 0.1) is 15.6 Å². The summed E-state index contributed by atoms with van der Waals surface area (Å²) in [6, 6.07) is 5.95. The highest BCUT2D eigenvalue weighted by Crippen LogP contribution is 2.20. The Hall–Kier alpha value is -1.66. The molecule has 1 aromatic heterocycles. The molecule has 0 saturated carbocycles. The number of carbonyl (C=O) groups is 1. The molecule has 2 rings (SSSR count). The molecule has 0 saturated heterocycles. The Labute approximate surface area is 127 Å². The van der Waals surface area contributed by atoms with Gasteiger partial charge < -0.3 is 15.0 Å². The number of nitrogens with one attached hydrogen (secondary N) is 1. The van der Waals surface area contributed by atoms with Crippen molar-refractivity contribution in [1.29, 1.82) is 0 Å². The third-order valence-electron chi connectivity index (χ3n) is 3.69. The summed E-state index contributed by atoms with van der Waals surface area (Å²) in [5, 5.41) is 12.3. The van der Waals surface area contributed by atoms with Crippen molar-refractivity contribution < 1.29 is 9.90 Å². The molecule has 0 aliphatic heterocycles. The number of benzene rings is 1. The van der Waals surface area contributed by atoms with E-state index in [0.717, 1.165) is 15.8 Å². The van der Waals surface area contributed by atoms with Crippen LogP contribution in [0.15, 0.2) is 23.0 Å². The van der Waals surface area contributed by atoms with E-state index < -0.39 is 11.4 Å². The molecule has 5 nitrogen and oxygen atoms in total. The van der Waals surface area contributed by atoms with Gasteiger partial charge in [-0.3, -0.25) is 9.59 Å². The summed E-state index contributed by atoms with van der Waals surface area (Å²) in [6.07, 6.45) is 0.573. The van der Waals surface area contributed by atoms with E-state index in [1.807, 2.05) is 18.2 Å². The van der Waals surface area contributed by atoms with E-state index in [2.05, 4.69) is 5.32 Å². The van der Waals surface area contributed by atoms with Crippen LogP contribution in [0.3, 0.4) is 0 Å². The molecule has 6 heteroatoms. The Bertz CT molecular complexity index is 715. The number of carboxylic acids is 1. The number of fused-ring (bicyclic) bond motifs is 1. The average Bonchev–Trinajstić information content (AvgIpc) is 2.70. The number of nitrogens with zero attached hydrogens (tertiary/aromatic N) is 1. The summed E-state index contributed by atoms with van der Waals surface area (Å²) in [4.78, 5) is 22.6. The van der Waals surface area contributed by atoms with Crippen molar-refractivity contribution in [1.82, 2.24) is 9.88 Å². The highest BCUT2D eigenvalue weighted by atomic mass is 32.1. The van der Waals surface area contributed by atoms with Crippen molar-refractivity contribution in [3.63, 3.8) is 0 Å². The Morgan fingerprint density at radius 3 is 2.81 bits per heavy atom. The van der Waals surface area contributed by atoms with E-state index in [0.29, 0.717) is 19.5 Å². The predicted molar refractivity (Wildman–Crippen MR) is 84.8 cm³/mol. The minimum Gasteiger partial charge on any atom is -0.481 e. The smallest absolute Gasteiger partial charge is 0.309 e. The molecule has 0 spiro atoms. The lowest BCUT2D eigenvalue weighted by atomic mass is 9.90. The number of aliphatic carboxylic acids is 1. The van der Waals surface area contributed by atoms with Gasteiger partial charge in [0.15, 0.2) is 0 Å². The third kappa shape index (κ3) is 3.51. The lowest BCUT2D eigenvalue weighted by Crippen LogP contribution is -2.28. The molecular weight excluding hydrogens is 288 g/mol. The lowest BCUT2D eigenvalue weighted by Gasteiger charge is -2.18. The molecular formula is C15H20N2O3S. The molecule has 0 radical (unpaired) electrons. The van der Waals surface area contributed by atoms with Crippen molar-refractivity contribution in [2.45, 2.75) is 26.8 Å². The number of hydrogen-bond acceptors (Lipinski definition) is 4. The number of carboxylic acid groups (broad SMARTS) is 1. The Balaban J connectivity index is 1.95. The highest BCUT2D eigenvalue weighted by molar-refractivity contribution is 7.16. The topological polar surface area (TPSA) is 71.3 Å². The van der Waals surface area contributed by atoms with Gasteiger partial charge in [-0.1, -0.05) is 17.4 Å². The fourth-order valence-corrected chi connectivity index (χ4v) is 2.97. The first kappa shape index (κ1) is 15.7. The van der Waals surface area contributed by atoms with Crippen molar-refractivity contribution in [3.8, 4) is 0 Å². The molecule has 1 heterocycles. The Morgan fingerprint density at radius 2 is 2.14 bits per heavy atom. The predicted octanol–water partition coefficient (Wildman–Crippen LogP) is 2.19. The fraction of sp³-hybridized carbons (Fsp3) is 0.467. The number of aryl methyl sites for hydroxylation is 1. The summed E-state index contributed by atoms with van der Waals surface area (Å²) in [6.45, 7) is 4.76. The fourth-order valence-electron chi connectivity index (χ4n) is 2.03. The van der Waals surface area contributed by atoms with Gasteiger partial charge in [-0.05, 0) is 44.5 Å². The summed E-state index contributed by atoms with van der Waals surface area (Å²) in [5.41, 5.74) is 1.33. The normalized spacial score (nSPS) is 12.0. The molecule has 21 heavy (non-hydrogen) atoms. The zero-order chi connectivity index (χ0) is 15.6. The van der Waals surface area contributed by atoms with Crippen LogP contribution in [0.5, 0.6) is 0 Å². The van der Waals surface area contributed by atoms with Gasteiger partial charge in [0.25, 0.3) is 0 Å². The Morgan fingerprint density at radius 1 is 1.43 bits per heavy atom. The molecule has 2 N–H and O–H groups in total. The molecule has 0 aliphatic carbocycles. The van der Waals surface area contributed by atoms with Gasteiger partial charge in [0.2, 0.25) is 0 Å². The van der Waals surface area contributed by atoms with Crippen molar-refractivity contribution in [3.05, 3.63) is 33.4 Å². The summed E-state index contributed by atoms with van der Waals surface area (Å²) in [5.74, 6) is -0.778. The largest absolute Gasteiger partial charge is 0.481 e. The number of hydrogen-bond donors (Lipinski definition) is 2. The maximum atomic E-state index is 11.6. The molecule has 0 atom stereocenters. The third-order valence-corrected chi connectivity index (χ3v) is 4.69. The summed E-state index contributed by atoms with van der Waals surface area (Å²) >= 11 is 1.24. The number of thiazole rings is 1. The van der Waals surface area contributed by atoms with Gasteiger partial charge >= 0.3 is 10.8 Å². The van der Waals surface area contributed by atoms with E-state index in [-0.39, 0.29) is 4.87 Å². The van der Waals surface area contributed by atoms with E-state index in [1.165, 1.54) is 11.3 Å². The number of rotatable bonds is 6. The van der Waals surface area contributed by atoms with Crippen LogP contribution in [-0.2, 0) is 18.4 Å². The first-order valence-electron chi connectivity index (χ1n) is 6.84. The van der Waals surface area contributed by atoms with E-state index in [1.54, 1.807) is 25.5 Å². The molecule has 0 amide bonds. The maximum absolute atomic E-state index is 11.6. The summed E-state index contributed by atoms with van der Waals surface area (Å²) in [7, 11) is 1.77. The van der Waals surface area contributed by atoms with E-state index >= 15 is 0 Å². The van der Waals surface area contributed by atoms with Crippen LogP contribution in [0.1, 0.15) is 25.8 Å². The Kier molecular flexibility index (Phi) is 4.49. The zero-order valence-corrected chi connectivity index (χ0v) is 13.3. The van der Waals surface area contributed by atoms with Crippen LogP contribution < -0.4 is 10.2 Å². The lowest BCUT2D eigenvalue weighted by molar-refractivity contribution is -0.147. The highest BCUT2D eigenvalue weighted by Gasteiger charge is 2.26. The summed E-state index contributed by atoms with van der Waals surface area (Å²) < 4.78 is 2.62. The van der Waals surface area contributed by atoms with Crippen LogP contribution in [0.4, 0.5) is 0 Å². The quantitative estimate of drug-likeness (QED) is 0.803. The molecule has 0 unspecified atom stereocenters. The molecule has 0 aliphatic rings. The molecule has 2 aromatic rings. The van der Waals surface area contributed by atoms with Crippen LogP contribution in [-0.4, -0.2) is 22.2 Å². The first-order valence-corrected chi connectivity index (χ1v) is 7.65. The first-order chi connectivity index (χ1) is 9.81. The van der Waals surface area contributed by atoms with E-state index in [4.69, 9.17) is 5.11 Å². The molecule has 114 valence electrons. The standard InChI is InChI=1S/C15H20N2O3S/c1-15(2,13(18)19)6-7-16-9-10-4-5-11-12(8-10)21-14(20)17(11)3/h4-5,8,16H,6-7,9H2,1-3H3,(H,18,19). The second-order valence-electron chi connectivity index (χ2n) is 5.84. The second-order valence-corrected chi connectivity index (χ2v) is 6.84. The second kappa shape index (κ2) is 5.99. The molecule has 1 aromatic carbocycles. The molecule has 0 fully saturated rings. The van der Waals surface area contributed by atoms with Crippen molar-refractivity contribution >= 4 is 27.5 Å². The van der Waals surface area contributed by atoms with Gasteiger partial charge in [0, 0.05) is 13.6 Å². The zero-order valence-electron chi connectivity index (χ0n) is 12.5. The van der Waals surface area contributed by atoms with Gasteiger partial charge in [0.1, 0.15) is 0 Å². The SMILES string of the molecule is Cn1c(=O)sc2cc(CNCCC(C)(C)C(=O)O)ccc21. The average molecular weight is 308 g/mol. The van der Waals surface area contributed by atoms with E-state index in [9.17, 15) is 9.59 Å². The van der Waals surface area contributed by atoms with Crippen LogP contribution in [0.2, 0.25) is 0 Å². The van der Waals surface area contributed by atoms with Crippen molar-refractivity contribution in [2.75, 3.05) is 6.54 Å².